The first-order valence-electron chi connectivity index (χ1n) is 8.67. The fourth-order valence-corrected chi connectivity index (χ4v) is 5.45. The van der Waals surface area contributed by atoms with E-state index in [-0.39, 0.29) is 22.9 Å². The Hall–Kier alpha value is -1.80. The third-order valence-electron chi connectivity index (χ3n) is 5.51. The Kier molecular flexibility index (Phi) is 4.11. The number of carbonyl (C=O) groups excluding carboxylic acids is 2. The van der Waals surface area contributed by atoms with E-state index in [1.807, 2.05) is 4.90 Å². The van der Waals surface area contributed by atoms with Crippen molar-refractivity contribution < 1.29 is 19.5 Å². The highest BCUT2D eigenvalue weighted by atomic mass is 32.2. The van der Waals surface area contributed by atoms with Crippen molar-refractivity contribution in [1.29, 1.82) is 0 Å². The largest absolute Gasteiger partial charge is 0.477 e. The average Bonchev–Trinajstić information content (AvgIpc) is 3.24. The molecule has 7 nitrogen and oxygen atoms in total. The lowest BCUT2D eigenvalue weighted by atomic mass is 10.0. The maximum atomic E-state index is 12.7. The molecule has 2 amide bonds. The number of hydrogen-bond acceptors (Lipinski definition) is 5. The molecule has 8 heteroatoms. The van der Waals surface area contributed by atoms with E-state index in [0.29, 0.717) is 35.9 Å². The summed E-state index contributed by atoms with van der Waals surface area (Å²) in [5.41, 5.74) is 6.92. The van der Waals surface area contributed by atoms with Crippen LogP contribution >= 0.6 is 11.8 Å². The van der Waals surface area contributed by atoms with Gasteiger partial charge in [-0.3, -0.25) is 14.5 Å². The van der Waals surface area contributed by atoms with Crippen LogP contribution in [0.1, 0.15) is 32.1 Å². The number of amides is 2. The number of hydrogen-bond donors (Lipinski definition) is 2. The van der Waals surface area contributed by atoms with Gasteiger partial charge in [0.05, 0.1) is 0 Å². The Labute approximate surface area is 149 Å². The highest BCUT2D eigenvalue weighted by Gasteiger charge is 2.51. The first kappa shape index (κ1) is 16.7. The zero-order valence-corrected chi connectivity index (χ0v) is 14.6. The van der Waals surface area contributed by atoms with Crippen LogP contribution in [-0.4, -0.2) is 62.4 Å². The Morgan fingerprint density at radius 2 is 2.00 bits per heavy atom. The van der Waals surface area contributed by atoms with Crippen LogP contribution < -0.4 is 5.73 Å². The molecule has 134 valence electrons. The van der Waals surface area contributed by atoms with Gasteiger partial charge in [0.25, 0.3) is 0 Å². The Balaban J connectivity index is 1.62. The van der Waals surface area contributed by atoms with E-state index >= 15 is 0 Å². The topological polar surface area (TPSA) is 104 Å². The fourth-order valence-electron chi connectivity index (χ4n) is 4.19. The number of carboxylic acids is 1. The smallest absolute Gasteiger partial charge is 0.352 e. The minimum atomic E-state index is -1.14. The molecule has 2 atom stereocenters. The second kappa shape index (κ2) is 6.17. The van der Waals surface area contributed by atoms with Gasteiger partial charge in [-0.15, -0.1) is 11.8 Å². The minimum absolute atomic E-state index is 0.0166. The van der Waals surface area contributed by atoms with Crippen molar-refractivity contribution in [2.24, 2.45) is 5.73 Å². The third-order valence-corrected chi connectivity index (χ3v) is 6.84. The van der Waals surface area contributed by atoms with Crippen molar-refractivity contribution in [3.63, 3.8) is 0 Å². The number of fused-ring (bicyclic) bond motifs is 1. The number of nitrogens with two attached hydrogens (primary N) is 1. The Morgan fingerprint density at radius 3 is 2.68 bits per heavy atom. The van der Waals surface area contributed by atoms with E-state index in [2.05, 4.69) is 0 Å². The number of β-lactam (4-membered cyclic amide) rings is 1. The minimum Gasteiger partial charge on any atom is -0.477 e. The predicted molar refractivity (Wildman–Crippen MR) is 92.4 cm³/mol. The summed E-state index contributed by atoms with van der Waals surface area (Å²) in [7, 11) is 0. The molecule has 3 N–H and O–H groups in total. The van der Waals surface area contributed by atoms with E-state index in [1.165, 1.54) is 16.7 Å². The second-order valence-corrected chi connectivity index (χ2v) is 8.08. The first-order chi connectivity index (χ1) is 12.0. The van der Waals surface area contributed by atoms with Crippen LogP contribution in [0.2, 0.25) is 0 Å². The van der Waals surface area contributed by atoms with E-state index in [4.69, 9.17) is 5.73 Å². The van der Waals surface area contributed by atoms with Gasteiger partial charge in [-0.05, 0) is 30.9 Å². The molecule has 4 aliphatic rings. The number of rotatable bonds is 3. The molecule has 0 radical (unpaired) electrons. The highest BCUT2D eigenvalue weighted by molar-refractivity contribution is 8.00. The van der Waals surface area contributed by atoms with Crippen molar-refractivity contribution in [3.05, 3.63) is 22.9 Å². The number of nitrogens with zero attached hydrogens (tertiary/aromatic N) is 2. The molecule has 0 bridgehead atoms. The summed E-state index contributed by atoms with van der Waals surface area (Å²) in [6, 6.07) is -0.314. The molecule has 0 spiro atoms. The quantitative estimate of drug-likeness (QED) is 0.564. The Morgan fingerprint density at radius 1 is 1.28 bits per heavy atom. The standard InChI is InChI=1S/C17H21N3O4S/c18-12-15(22)20-13(17(23)24)10(8-25-16(12)20)7-9-5-6-19(14(9)21)11-3-1-2-4-11/h7,11-12,16H,1-6,8,18H2,(H,23,24)/b9-7+/t12-,16-/m1/s1. The molecule has 25 heavy (non-hydrogen) atoms. The summed E-state index contributed by atoms with van der Waals surface area (Å²) >= 11 is 1.45. The van der Waals surface area contributed by atoms with Crippen molar-refractivity contribution in [2.75, 3.05) is 12.3 Å². The number of thioether (sulfide) groups is 1. The summed E-state index contributed by atoms with van der Waals surface area (Å²) in [4.78, 5) is 39.6. The molecule has 3 heterocycles. The number of allylic oxidation sites excluding steroid dienone is 1. The summed E-state index contributed by atoms with van der Waals surface area (Å²) in [5.74, 6) is -1.04. The molecular weight excluding hydrogens is 342 g/mol. The van der Waals surface area contributed by atoms with Crippen LogP contribution in [0.25, 0.3) is 0 Å². The number of likely N-dealkylation sites (tertiary alicyclic amines) is 1. The maximum Gasteiger partial charge on any atom is 0.352 e. The van der Waals surface area contributed by atoms with E-state index in [0.717, 1.165) is 25.7 Å². The van der Waals surface area contributed by atoms with Gasteiger partial charge in [0.1, 0.15) is 17.1 Å². The van der Waals surface area contributed by atoms with E-state index < -0.39 is 12.0 Å². The van der Waals surface area contributed by atoms with Gasteiger partial charge in [-0.25, -0.2) is 4.79 Å². The summed E-state index contributed by atoms with van der Waals surface area (Å²) in [6.07, 6.45) is 6.77. The van der Waals surface area contributed by atoms with Gasteiger partial charge in [-0.2, -0.15) is 0 Å². The third kappa shape index (κ3) is 2.58. The number of aliphatic carboxylic acids is 1. The molecule has 0 aromatic carbocycles. The summed E-state index contributed by atoms with van der Waals surface area (Å²) in [6.45, 7) is 0.703. The molecule has 1 saturated carbocycles. The van der Waals surface area contributed by atoms with Gasteiger partial charge in [0, 0.05) is 23.9 Å². The van der Waals surface area contributed by atoms with Gasteiger partial charge in [0.15, 0.2) is 0 Å². The SMILES string of the molecule is N[C@@H]1C(=O)N2C(C(=O)O)=C(/C=C3\CCN(C4CCCC4)C3=O)CS[C@H]12. The molecule has 2 saturated heterocycles. The second-order valence-electron chi connectivity index (χ2n) is 6.97. The van der Waals surface area contributed by atoms with Gasteiger partial charge in [0.2, 0.25) is 11.8 Å². The summed E-state index contributed by atoms with van der Waals surface area (Å²) < 4.78 is 0. The first-order valence-corrected chi connectivity index (χ1v) is 9.72. The number of carboxylic acid groups (broad SMARTS) is 1. The van der Waals surface area contributed by atoms with E-state index in [9.17, 15) is 19.5 Å². The van der Waals surface area contributed by atoms with Crippen molar-refractivity contribution in [2.45, 2.75) is 49.6 Å². The van der Waals surface area contributed by atoms with Crippen LogP contribution in [0.3, 0.4) is 0 Å². The van der Waals surface area contributed by atoms with Crippen molar-refractivity contribution in [3.8, 4) is 0 Å². The van der Waals surface area contributed by atoms with Gasteiger partial charge < -0.3 is 15.7 Å². The molecule has 3 fully saturated rings. The molecular formula is C17H21N3O4S. The monoisotopic (exact) mass is 363 g/mol. The molecule has 3 aliphatic heterocycles. The van der Waals surface area contributed by atoms with Gasteiger partial charge in [-0.1, -0.05) is 12.8 Å². The fraction of sp³-hybridized carbons (Fsp3) is 0.588. The zero-order chi connectivity index (χ0) is 17.7. The molecule has 1 aliphatic carbocycles. The van der Waals surface area contributed by atoms with Crippen molar-refractivity contribution in [1.82, 2.24) is 9.80 Å². The molecule has 0 aromatic heterocycles. The summed E-state index contributed by atoms with van der Waals surface area (Å²) in [5, 5.41) is 9.26. The molecule has 4 rings (SSSR count). The lowest BCUT2D eigenvalue weighted by molar-refractivity contribution is -0.147. The lowest BCUT2D eigenvalue weighted by Gasteiger charge is -2.47. The predicted octanol–water partition coefficient (Wildman–Crippen LogP) is 0.669. The molecule has 0 aromatic rings. The lowest BCUT2D eigenvalue weighted by Crippen LogP contribution is -2.68. The van der Waals surface area contributed by atoms with Crippen LogP contribution in [0.4, 0.5) is 0 Å². The van der Waals surface area contributed by atoms with Gasteiger partial charge >= 0.3 is 5.97 Å². The highest BCUT2D eigenvalue weighted by Crippen LogP contribution is 2.40. The van der Waals surface area contributed by atoms with Crippen molar-refractivity contribution >= 4 is 29.5 Å². The average molecular weight is 363 g/mol. The van der Waals surface area contributed by atoms with E-state index in [1.54, 1.807) is 6.08 Å². The van der Waals surface area contributed by atoms with Crippen LogP contribution in [-0.2, 0) is 14.4 Å². The molecule has 0 unspecified atom stereocenters. The number of carbonyl (C=O) groups is 3. The van der Waals surface area contributed by atoms with Crippen LogP contribution in [0, 0.1) is 0 Å². The normalized spacial score (nSPS) is 31.8. The van der Waals surface area contributed by atoms with Crippen LogP contribution in [0.5, 0.6) is 0 Å². The maximum absolute atomic E-state index is 12.7. The Bertz CT molecular complexity index is 711. The van der Waals surface area contributed by atoms with Crippen LogP contribution in [0.15, 0.2) is 22.9 Å². The zero-order valence-electron chi connectivity index (χ0n) is 13.8.